The van der Waals surface area contributed by atoms with Crippen LogP contribution < -0.4 is 0 Å². The average molecular weight is 458 g/mol. The van der Waals surface area contributed by atoms with E-state index in [0.29, 0.717) is 23.8 Å². The first-order chi connectivity index (χ1) is 14.4. The molecule has 1 fully saturated rings. The second kappa shape index (κ2) is 8.08. The fraction of sp³-hybridized carbons (Fsp3) is 0.636. The molecule has 0 spiro atoms. The van der Waals surface area contributed by atoms with Crippen LogP contribution in [0.1, 0.15) is 42.5 Å². The number of rotatable bonds is 5. The van der Waals surface area contributed by atoms with Crippen LogP contribution in [0.3, 0.4) is 0 Å². The number of H-pyrrole nitrogens is 1. The third-order valence-electron chi connectivity index (χ3n) is 7.22. The molecular formula is C22H30F3N3O2S. The maximum atomic E-state index is 13.3. The van der Waals surface area contributed by atoms with Crippen molar-refractivity contribution in [3.63, 3.8) is 0 Å². The molecule has 1 aliphatic carbocycles. The minimum Gasteiger partial charge on any atom is -0.358 e. The van der Waals surface area contributed by atoms with Gasteiger partial charge < -0.3 is 9.88 Å². The van der Waals surface area contributed by atoms with Crippen LogP contribution in [0.2, 0.25) is 0 Å². The largest absolute Gasteiger partial charge is 0.416 e. The van der Waals surface area contributed by atoms with E-state index >= 15 is 0 Å². The summed E-state index contributed by atoms with van der Waals surface area (Å²) >= 11 is 0. The van der Waals surface area contributed by atoms with E-state index < -0.39 is 21.8 Å². The first-order valence-electron chi connectivity index (χ1n) is 10.8. The second-order valence-electron chi connectivity index (χ2n) is 9.22. The van der Waals surface area contributed by atoms with Crippen molar-refractivity contribution in [1.29, 1.82) is 0 Å². The number of alkyl halides is 3. The van der Waals surface area contributed by atoms with Crippen LogP contribution in [0.4, 0.5) is 13.2 Å². The van der Waals surface area contributed by atoms with Gasteiger partial charge in [0.05, 0.1) is 11.8 Å². The number of likely N-dealkylation sites (tertiary alicyclic amines) is 1. The highest BCUT2D eigenvalue weighted by molar-refractivity contribution is 7.88. The average Bonchev–Trinajstić information content (AvgIpc) is 3.04. The summed E-state index contributed by atoms with van der Waals surface area (Å²) in [6.45, 7) is 5.34. The van der Waals surface area contributed by atoms with Gasteiger partial charge in [0, 0.05) is 36.7 Å². The number of hydrogen-bond acceptors (Lipinski definition) is 3. The number of benzene rings is 1. The molecule has 1 aliphatic heterocycles. The molecule has 0 amide bonds. The summed E-state index contributed by atoms with van der Waals surface area (Å²) in [5.74, 6) is 1.09. The lowest BCUT2D eigenvalue weighted by Gasteiger charge is -2.44. The summed E-state index contributed by atoms with van der Waals surface area (Å²) in [6, 6.07) is 4.00. The van der Waals surface area contributed by atoms with Crippen LogP contribution >= 0.6 is 0 Å². The van der Waals surface area contributed by atoms with Gasteiger partial charge in [-0.2, -0.15) is 13.2 Å². The van der Waals surface area contributed by atoms with Crippen LogP contribution in [0.25, 0.3) is 10.9 Å². The molecule has 2 unspecified atom stereocenters. The van der Waals surface area contributed by atoms with E-state index in [2.05, 4.69) is 16.8 Å². The van der Waals surface area contributed by atoms with Gasteiger partial charge in [-0.3, -0.25) is 0 Å². The standard InChI is InChI=1S/C22H30F3N3O2S/c1-14-18-13-28(9-4-8-27(2)31(3,29)30)10-7-15(18)11-20-21(14)17-12-16(22(23,24)25)5-6-19(17)26-20/h5-6,12,14-15,18,26H,4,7-11,13H2,1-3H3/t14?,15?,18-/m1/s1. The fourth-order valence-electron chi connectivity index (χ4n) is 5.41. The molecule has 0 radical (unpaired) electrons. The van der Waals surface area contributed by atoms with Crippen molar-refractivity contribution < 1.29 is 21.6 Å². The maximum absolute atomic E-state index is 13.3. The molecule has 1 saturated heterocycles. The van der Waals surface area contributed by atoms with E-state index in [-0.39, 0.29) is 5.92 Å². The van der Waals surface area contributed by atoms with Gasteiger partial charge in [-0.1, -0.05) is 6.92 Å². The zero-order chi connectivity index (χ0) is 22.6. The number of halogens is 3. The number of sulfonamides is 1. The first-order valence-corrected chi connectivity index (χ1v) is 12.7. The number of aromatic amines is 1. The van der Waals surface area contributed by atoms with Crippen molar-refractivity contribution in [3.05, 3.63) is 35.0 Å². The minimum atomic E-state index is -4.35. The molecule has 0 saturated carbocycles. The van der Waals surface area contributed by atoms with E-state index in [1.165, 1.54) is 16.6 Å². The zero-order valence-electron chi connectivity index (χ0n) is 18.2. The molecule has 1 aromatic carbocycles. The number of hydrogen-bond donors (Lipinski definition) is 1. The van der Waals surface area contributed by atoms with Crippen molar-refractivity contribution in [2.24, 2.45) is 11.8 Å². The molecule has 3 atom stereocenters. The van der Waals surface area contributed by atoms with Crippen molar-refractivity contribution in [3.8, 4) is 0 Å². The number of aromatic nitrogens is 1. The number of nitrogens with zero attached hydrogens (tertiary/aromatic N) is 2. The van der Waals surface area contributed by atoms with Crippen LogP contribution in [0, 0.1) is 11.8 Å². The summed E-state index contributed by atoms with van der Waals surface area (Å²) in [5.41, 5.74) is 2.31. The topological polar surface area (TPSA) is 56.4 Å². The Balaban J connectivity index is 1.50. The number of nitrogens with one attached hydrogen (secondary N) is 1. The molecule has 2 heterocycles. The van der Waals surface area contributed by atoms with Gasteiger partial charge in [-0.25, -0.2) is 12.7 Å². The second-order valence-corrected chi connectivity index (χ2v) is 11.3. The van der Waals surface area contributed by atoms with E-state index in [1.54, 1.807) is 13.1 Å². The lowest BCUT2D eigenvalue weighted by atomic mass is 9.68. The fourth-order valence-corrected chi connectivity index (χ4v) is 5.87. The van der Waals surface area contributed by atoms with Crippen molar-refractivity contribution >= 4 is 20.9 Å². The lowest BCUT2D eigenvalue weighted by molar-refractivity contribution is -0.137. The molecule has 2 aliphatic rings. The highest BCUT2D eigenvalue weighted by Gasteiger charge is 2.40. The molecule has 1 aromatic heterocycles. The minimum absolute atomic E-state index is 0.174. The molecule has 4 rings (SSSR count). The molecule has 2 aromatic rings. The highest BCUT2D eigenvalue weighted by atomic mass is 32.2. The summed E-state index contributed by atoms with van der Waals surface area (Å²) < 4.78 is 64.3. The third-order valence-corrected chi connectivity index (χ3v) is 8.53. The van der Waals surface area contributed by atoms with Crippen molar-refractivity contribution in [1.82, 2.24) is 14.2 Å². The summed E-state index contributed by atoms with van der Waals surface area (Å²) in [4.78, 5) is 5.77. The van der Waals surface area contributed by atoms with E-state index in [0.717, 1.165) is 61.7 Å². The highest BCUT2D eigenvalue weighted by Crippen LogP contribution is 2.46. The Labute approximate surface area is 181 Å². The van der Waals surface area contributed by atoms with Crippen molar-refractivity contribution in [2.45, 2.75) is 38.3 Å². The van der Waals surface area contributed by atoms with Crippen LogP contribution in [0.5, 0.6) is 0 Å². The number of fused-ring (bicyclic) bond motifs is 4. The predicted molar refractivity (Wildman–Crippen MR) is 116 cm³/mol. The van der Waals surface area contributed by atoms with E-state index in [9.17, 15) is 21.6 Å². The smallest absolute Gasteiger partial charge is 0.358 e. The molecule has 0 bridgehead atoms. The SMILES string of the molecule is CC1c2c([nH]c3ccc(C(F)(F)F)cc23)CC2CCN(CCCN(C)S(C)(=O)=O)C[C@@H]21. The van der Waals surface area contributed by atoms with Gasteiger partial charge in [0.15, 0.2) is 0 Å². The van der Waals surface area contributed by atoms with Gasteiger partial charge in [-0.05, 0) is 73.9 Å². The first kappa shape index (κ1) is 22.6. The number of piperidine rings is 1. The maximum Gasteiger partial charge on any atom is 0.416 e. The Hall–Kier alpha value is -1.58. The van der Waals surface area contributed by atoms with E-state index in [1.807, 2.05) is 0 Å². The summed E-state index contributed by atoms with van der Waals surface area (Å²) in [7, 11) is -1.57. The van der Waals surface area contributed by atoms with Gasteiger partial charge in [0.25, 0.3) is 0 Å². The van der Waals surface area contributed by atoms with Gasteiger partial charge >= 0.3 is 6.18 Å². The quantitative estimate of drug-likeness (QED) is 0.737. The van der Waals surface area contributed by atoms with Gasteiger partial charge in [-0.15, -0.1) is 0 Å². The molecule has 9 heteroatoms. The van der Waals surface area contributed by atoms with Crippen LogP contribution in [-0.4, -0.2) is 62.1 Å². The normalized spacial score (nSPS) is 25.1. The zero-order valence-corrected chi connectivity index (χ0v) is 19.0. The molecular weight excluding hydrogens is 427 g/mol. The summed E-state index contributed by atoms with van der Waals surface area (Å²) in [5, 5.41) is 0.697. The Bertz CT molecular complexity index is 1060. The monoisotopic (exact) mass is 457 g/mol. The Morgan fingerprint density at radius 3 is 2.71 bits per heavy atom. The Kier molecular flexibility index (Phi) is 5.89. The van der Waals surface area contributed by atoms with Crippen molar-refractivity contribution in [2.75, 3.05) is 39.5 Å². The molecule has 1 N–H and O–H groups in total. The van der Waals surface area contributed by atoms with E-state index in [4.69, 9.17) is 0 Å². The van der Waals surface area contributed by atoms with Gasteiger partial charge in [0.1, 0.15) is 0 Å². The third kappa shape index (κ3) is 4.50. The van der Waals surface area contributed by atoms with Crippen LogP contribution in [-0.2, 0) is 22.6 Å². The Morgan fingerprint density at radius 1 is 1.29 bits per heavy atom. The molecule has 172 valence electrons. The predicted octanol–water partition coefficient (Wildman–Crippen LogP) is 4.07. The Morgan fingerprint density at radius 2 is 2.03 bits per heavy atom. The molecule has 31 heavy (non-hydrogen) atoms. The van der Waals surface area contributed by atoms with Crippen LogP contribution in [0.15, 0.2) is 18.2 Å². The molecule has 5 nitrogen and oxygen atoms in total. The summed E-state index contributed by atoms with van der Waals surface area (Å²) in [6.07, 6.45) is -0.433. The van der Waals surface area contributed by atoms with Gasteiger partial charge in [0.2, 0.25) is 10.0 Å². The lowest BCUT2D eigenvalue weighted by Crippen LogP contribution is -2.45.